The number of nitrogens with one attached hydrogen (secondary N) is 2. The molecule has 1 aromatic heterocycles. The SMILES string of the molecule is C=C(Br)CNC(=O)c1ccc(=O)[nH]c1. The van der Waals surface area contributed by atoms with Gasteiger partial charge in [0, 0.05) is 23.3 Å². The lowest BCUT2D eigenvalue weighted by Gasteiger charge is -2.02. The van der Waals surface area contributed by atoms with Crippen LogP contribution in [0.4, 0.5) is 0 Å². The molecule has 0 saturated heterocycles. The zero-order chi connectivity index (χ0) is 10.6. The number of hydrogen-bond acceptors (Lipinski definition) is 2. The fourth-order valence-electron chi connectivity index (χ4n) is 0.830. The van der Waals surface area contributed by atoms with Crippen LogP contribution in [0.15, 0.2) is 34.2 Å². The van der Waals surface area contributed by atoms with Crippen molar-refractivity contribution >= 4 is 21.8 Å². The van der Waals surface area contributed by atoms with Crippen LogP contribution in [0.5, 0.6) is 0 Å². The van der Waals surface area contributed by atoms with Gasteiger partial charge in [0.2, 0.25) is 5.56 Å². The molecule has 1 heterocycles. The first-order valence-electron chi connectivity index (χ1n) is 3.90. The van der Waals surface area contributed by atoms with E-state index in [1.165, 1.54) is 18.3 Å². The number of carbonyl (C=O) groups is 1. The minimum Gasteiger partial charge on any atom is -0.347 e. The topological polar surface area (TPSA) is 62.0 Å². The molecule has 0 aliphatic heterocycles. The Balaban J connectivity index is 2.65. The molecule has 5 heteroatoms. The average molecular weight is 257 g/mol. The Morgan fingerprint density at radius 1 is 1.57 bits per heavy atom. The highest BCUT2D eigenvalue weighted by atomic mass is 79.9. The van der Waals surface area contributed by atoms with E-state index in [-0.39, 0.29) is 11.5 Å². The Kier molecular flexibility index (Phi) is 3.64. The van der Waals surface area contributed by atoms with Crippen molar-refractivity contribution in [1.29, 1.82) is 0 Å². The van der Waals surface area contributed by atoms with E-state index in [4.69, 9.17) is 0 Å². The van der Waals surface area contributed by atoms with Crippen LogP contribution in [0, 0.1) is 0 Å². The molecule has 74 valence electrons. The van der Waals surface area contributed by atoms with E-state index in [0.29, 0.717) is 16.6 Å². The molecule has 0 aliphatic rings. The average Bonchev–Trinajstić information content (AvgIpc) is 2.15. The van der Waals surface area contributed by atoms with Crippen LogP contribution in [0.1, 0.15) is 10.4 Å². The second-order valence-electron chi connectivity index (χ2n) is 2.64. The van der Waals surface area contributed by atoms with Crippen LogP contribution < -0.4 is 10.9 Å². The number of carbonyl (C=O) groups excluding carboxylic acids is 1. The summed E-state index contributed by atoms with van der Waals surface area (Å²) in [6.07, 6.45) is 1.37. The fourth-order valence-corrected chi connectivity index (χ4v) is 0.970. The smallest absolute Gasteiger partial charge is 0.253 e. The van der Waals surface area contributed by atoms with Crippen molar-refractivity contribution in [1.82, 2.24) is 10.3 Å². The molecule has 0 saturated carbocycles. The van der Waals surface area contributed by atoms with Gasteiger partial charge in [-0.2, -0.15) is 0 Å². The number of H-pyrrole nitrogens is 1. The first-order chi connectivity index (χ1) is 6.59. The largest absolute Gasteiger partial charge is 0.347 e. The van der Waals surface area contributed by atoms with Gasteiger partial charge in [0.1, 0.15) is 0 Å². The summed E-state index contributed by atoms with van der Waals surface area (Å²) >= 11 is 3.12. The van der Waals surface area contributed by atoms with Gasteiger partial charge in [-0.15, -0.1) is 0 Å². The normalized spacial score (nSPS) is 9.50. The minimum atomic E-state index is -0.248. The Morgan fingerprint density at radius 3 is 2.79 bits per heavy atom. The van der Waals surface area contributed by atoms with E-state index in [2.05, 4.69) is 32.8 Å². The molecule has 0 aromatic carbocycles. The number of halogens is 1. The van der Waals surface area contributed by atoms with Gasteiger partial charge >= 0.3 is 0 Å². The highest BCUT2D eigenvalue weighted by Crippen LogP contribution is 1.98. The highest BCUT2D eigenvalue weighted by molar-refractivity contribution is 9.11. The van der Waals surface area contributed by atoms with Crippen molar-refractivity contribution in [3.8, 4) is 0 Å². The summed E-state index contributed by atoms with van der Waals surface area (Å²) in [7, 11) is 0. The Bertz CT molecular complexity index is 391. The van der Waals surface area contributed by atoms with Crippen molar-refractivity contribution < 1.29 is 4.79 Å². The molecule has 1 amide bonds. The summed E-state index contributed by atoms with van der Waals surface area (Å²) in [4.78, 5) is 24.5. The lowest BCUT2D eigenvalue weighted by molar-refractivity contribution is 0.0957. The maximum absolute atomic E-state index is 11.4. The second-order valence-corrected chi connectivity index (χ2v) is 3.76. The Morgan fingerprint density at radius 2 is 2.29 bits per heavy atom. The van der Waals surface area contributed by atoms with Crippen LogP contribution in [-0.2, 0) is 0 Å². The standard InChI is InChI=1S/C9H9BrN2O2/c1-6(10)4-12-9(14)7-2-3-8(13)11-5-7/h2-3,5H,1,4H2,(H,11,13)(H,12,14). The predicted octanol–water partition coefficient (Wildman–Crippen LogP) is 1.01. The Labute approximate surface area is 89.2 Å². The number of hydrogen-bond donors (Lipinski definition) is 2. The molecule has 0 radical (unpaired) electrons. The van der Waals surface area contributed by atoms with Gasteiger partial charge in [0.25, 0.3) is 5.91 Å². The van der Waals surface area contributed by atoms with Crippen LogP contribution in [0.3, 0.4) is 0 Å². The third-order valence-corrected chi connectivity index (χ3v) is 1.77. The van der Waals surface area contributed by atoms with E-state index in [0.717, 1.165) is 0 Å². The van der Waals surface area contributed by atoms with E-state index >= 15 is 0 Å². The Hall–Kier alpha value is -1.36. The molecule has 0 atom stereocenters. The number of pyridine rings is 1. The molecule has 0 fully saturated rings. The summed E-state index contributed by atoms with van der Waals surface area (Å²) in [5.41, 5.74) is 0.185. The van der Waals surface area contributed by atoms with Gasteiger partial charge in [-0.05, 0) is 6.07 Å². The van der Waals surface area contributed by atoms with Crippen molar-refractivity contribution in [3.63, 3.8) is 0 Å². The van der Waals surface area contributed by atoms with E-state index in [1.54, 1.807) is 0 Å². The monoisotopic (exact) mass is 256 g/mol. The van der Waals surface area contributed by atoms with Crippen LogP contribution in [-0.4, -0.2) is 17.4 Å². The number of rotatable bonds is 3. The predicted molar refractivity (Wildman–Crippen MR) is 57.5 cm³/mol. The lowest BCUT2D eigenvalue weighted by atomic mass is 10.3. The molecular formula is C9H9BrN2O2. The molecule has 1 rings (SSSR count). The van der Waals surface area contributed by atoms with Crippen LogP contribution >= 0.6 is 15.9 Å². The molecule has 1 aromatic rings. The lowest BCUT2D eigenvalue weighted by Crippen LogP contribution is -2.25. The quantitative estimate of drug-likeness (QED) is 0.848. The molecular weight excluding hydrogens is 248 g/mol. The summed E-state index contributed by atoms with van der Waals surface area (Å²) in [6.45, 7) is 3.94. The molecule has 0 spiro atoms. The maximum Gasteiger partial charge on any atom is 0.253 e. The second kappa shape index (κ2) is 4.76. The van der Waals surface area contributed by atoms with E-state index < -0.39 is 0 Å². The zero-order valence-electron chi connectivity index (χ0n) is 7.34. The summed E-state index contributed by atoms with van der Waals surface area (Å²) in [5.74, 6) is -0.248. The molecule has 0 unspecified atom stereocenters. The van der Waals surface area contributed by atoms with E-state index in [1.807, 2.05) is 0 Å². The van der Waals surface area contributed by atoms with Gasteiger partial charge < -0.3 is 10.3 Å². The van der Waals surface area contributed by atoms with Gasteiger partial charge in [0.05, 0.1) is 5.56 Å². The summed E-state index contributed by atoms with van der Waals surface area (Å²) in [6, 6.07) is 2.77. The first kappa shape index (κ1) is 10.7. The van der Waals surface area contributed by atoms with Crippen LogP contribution in [0.25, 0.3) is 0 Å². The summed E-state index contributed by atoms with van der Waals surface area (Å²) in [5, 5.41) is 2.61. The van der Waals surface area contributed by atoms with Gasteiger partial charge in [-0.25, -0.2) is 0 Å². The third kappa shape index (κ3) is 3.18. The first-order valence-corrected chi connectivity index (χ1v) is 4.69. The van der Waals surface area contributed by atoms with Crippen molar-refractivity contribution in [3.05, 3.63) is 45.3 Å². The van der Waals surface area contributed by atoms with Gasteiger partial charge in [-0.3, -0.25) is 9.59 Å². The number of amides is 1. The molecule has 14 heavy (non-hydrogen) atoms. The van der Waals surface area contributed by atoms with Gasteiger partial charge in [0.15, 0.2) is 0 Å². The van der Waals surface area contributed by atoms with Gasteiger partial charge in [-0.1, -0.05) is 22.5 Å². The minimum absolute atomic E-state index is 0.230. The molecule has 4 nitrogen and oxygen atoms in total. The number of aromatic nitrogens is 1. The fraction of sp³-hybridized carbons (Fsp3) is 0.111. The summed E-state index contributed by atoms with van der Waals surface area (Å²) < 4.78 is 0.690. The van der Waals surface area contributed by atoms with Crippen LogP contribution in [0.2, 0.25) is 0 Å². The van der Waals surface area contributed by atoms with Crippen molar-refractivity contribution in [2.45, 2.75) is 0 Å². The maximum atomic E-state index is 11.4. The highest BCUT2D eigenvalue weighted by Gasteiger charge is 2.03. The van der Waals surface area contributed by atoms with E-state index in [9.17, 15) is 9.59 Å². The van der Waals surface area contributed by atoms with Crippen molar-refractivity contribution in [2.24, 2.45) is 0 Å². The number of aromatic amines is 1. The molecule has 0 aliphatic carbocycles. The van der Waals surface area contributed by atoms with Crippen molar-refractivity contribution in [2.75, 3.05) is 6.54 Å². The zero-order valence-corrected chi connectivity index (χ0v) is 8.93. The molecule has 2 N–H and O–H groups in total. The third-order valence-electron chi connectivity index (χ3n) is 1.49. The molecule has 0 bridgehead atoms.